The van der Waals surface area contributed by atoms with Crippen molar-refractivity contribution in [3.8, 4) is 0 Å². The molecule has 4 heteroatoms. The highest BCUT2D eigenvalue weighted by Gasteiger charge is 2.16. The van der Waals surface area contributed by atoms with Crippen molar-refractivity contribution in [1.29, 1.82) is 0 Å². The minimum absolute atomic E-state index is 0.0451. The predicted molar refractivity (Wildman–Crippen MR) is 55.8 cm³/mol. The number of nitrogens with zero attached hydrogens (tertiary/aromatic N) is 2. The van der Waals surface area contributed by atoms with E-state index in [1.165, 1.54) is 0 Å². The molecule has 80 valence electrons. The van der Waals surface area contributed by atoms with Crippen molar-refractivity contribution >= 4 is 0 Å². The van der Waals surface area contributed by atoms with Crippen LogP contribution in [0.5, 0.6) is 0 Å². The van der Waals surface area contributed by atoms with Crippen LogP contribution in [-0.2, 0) is 0 Å². The smallest absolute Gasteiger partial charge is 0.0951 e. The average molecular weight is 197 g/mol. The molecule has 0 spiro atoms. The number of hydrogen-bond acceptors (Lipinski definition) is 3. The Balaban J connectivity index is 2.92. The van der Waals surface area contributed by atoms with Gasteiger partial charge in [0.2, 0.25) is 0 Å². The SMILES string of the molecule is CC(C)C(C)n1cncc1C(N)CO. The molecule has 4 nitrogen and oxygen atoms in total. The second kappa shape index (κ2) is 4.57. The number of aliphatic hydroxyl groups is 1. The number of aromatic nitrogens is 2. The summed E-state index contributed by atoms with van der Waals surface area (Å²) in [5.74, 6) is 0.522. The number of hydrogen-bond donors (Lipinski definition) is 2. The van der Waals surface area contributed by atoms with E-state index in [2.05, 4.69) is 25.8 Å². The van der Waals surface area contributed by atoms with Crippen LogP contribution in [0.4, 0.5) is 0 Å². The van der Waals surface area contributed by atoms with Gasteiger partial charge in [0, 0.05) is 12.2 Å². The zero-order valence-electron chi connectivity index (χ0n) is 9.01. The molecule has 2 unspecified atom stereocenters. The molecule has 1 aromatic rings. The zero-order chi connectivity index (χ0) is 10.7. The summed E-state index contributed by atoms with van der Waals surface area (Å²) in [6.45, 7) is 6.38. The fourth-order valence-corrected chi connectivity index (χ4v) is 1.36. The van der Waals surface area contributed by atoms with E-state index in [-0.39, 0.29) is 12.6 Å². The van der Waals surface area contributed by atoms with Crippen LogP contribution in [0.15, 0.2) is 12.5 Å². The van der Waals surface area contributed by atoms with Crippen molar-refractivity contribution in [3.63, 3.8) is 0 Å². The van der Waals surface area contributed by atoms with Crippen LogP contribution in [0.25, 0.3) is 0 Å². The minimum Gasteiger partial charge on any atom is -0.394 e. The standard InChI is InChI=1S/C10H19N3O/c1-7(2)8(3)13-6-12-4-10(13)9(11)5-14/h4,6-9,14H,5,11H2,1-3H3. The van der Waals surface area contributed by atoms with Crippen LogP contribution in [-0.4, -0.2) is 21.3 Å². The molecule has 0 aliphatic rings. The molecule has 0 bridgehead atoms. The van der Waals surface area contributed by atoms with E-state index in [4.69, 9.17) is 10.8 Å². The molecule has 14 heavy (non-hydrogen) atoms. The third-order valence-electron chi connectivity index (χ3n) is 2.68. The van der Waals surface area contributed by atoms with Crippen molar-refractivity contribution in [2.24, 2.45) is 11.7 Å². The van der Waals surface area contributed by atoms with Gasteiger partial charge in [-0.3, -0.25) is 0 Å². The lowest BCUT2D eigenvalue weighted by atomic mass is 10.1. The topological polar surface area (TPSA) is 64.1 Å². The van der Waals surface area contributed by atoms with E-state index >= 15 is 0 Å². The normalized spacial score (nSPS) is 15.9. The van der Waals surface area contributed by atoms with Gasteiger partial charge in [-0.15, -0.1) is 0 Å². The third-order valence-corrected chi connectivity index (χ3v) is 2.68. The Morgan fingerprint density at radius 1 is 1.50 bits per heavy atom. The summed E-state index contributed by atoms with van der Waals surface area (Å²) in [6, 6.07) is 0.0174. The lowest BCUT2D eigenvalue weighted by Gasteiger charge is -2.21. The van der Waals surface area contributed by atoms with Crippen LogP contribution in [0.2, 0.25) is 0 Å². The zero-order valence-corrected chi connectivity index (χ0v) is 9.01. The first-order valence-electron chi connectivity index (χ1n) is 4.96. The van der Waals surface area contributed by atoms with Crippen molar-refractivity contribution in [2.75, 3.05) is 6.61 Å². The molecular formula is C10H19N3O. The molecule has 0 radical (unpaired) electrons. The maximum atomic E-state index is 8.99. The first-order chi connectivity index (χ1) is 6.57. The molecule has 3 N–H and O–H groups in total. The monoisotopic (exact) mass is 197 g/mol. The highest BCUT2D eigenvalue weighted by Crippen LogP contribution is 2.21. The van der Waals surface area contributed by atoms with Crippen LogP contribution < -0.4 is 5.73 Å². The highest BCUT2D eigenvalue weighted by atomic mass is 16.3. The van der Waals surface area contributed by atoms with Gasteiger partial charge in [0.05, 0.1) is 24.7 Å². The van der Waals surface area contributed by atoms with Crippen molar-refractivity contribution in [2.45, 2.75) is 32.9 Å². The molecule has 0 aliphatic carbocycles. The molecule has 0 saturated carbocycles. The first-order valence-corrected chi connectivity index (χ1v) is 4.96. The van der Waals surface area contributed by atoms with Crippen molar-refractivity contribution in [1.82, 2.24) is 9.55 Å². The first kappa shape index (κ1) is 11.2. The summed E-state index contributed by atoms with van der Waals surface area (Å²) in [5, 5.41) is 8.99. The molecule has 0 aliphatic heterocycles. The summed E-state index contributed by atoms with van der Waals surface area (Å²) in [4.78, 5) is 4.07. The van der Waals surface area contributed by atoms with E-state index in [9.17, 15) is 0 Å². The fourth-order valence-electron chi connectivity index (χ4n) is 1.36. The molecule has 0 amide bonds. The van der Waals surface area contributed by atoms with Crippen LogP contribution in [0.3, 0.4) is 0 Å². The predicted octanol–water partition coefficient (Wildman–Crippen LogP) is 1.09. The van der Waals surface area contributed by atoms with E-state index in [0.29, 0.717) is 12.0 Å². The Bertz CT molecular complexity index is 283. The lowest BCUT2D eigenvalue weighted by Crippen LogP contribution is -2.22. The van der Waals surface area contributed by atoms with E-state index < -0.39 is 0 Å². The Labute approximate surface area is 84.8 Å². The van der Waals surface area contributed by atoms with E-state index in [0.717, 1.165) is 5.69 Å². The highest BCUT2D eigenvalue weighted by molar-refractivity contribution is 5.06. The third kappa shape index (κ3) is 2.13. The summed E-state index contributed by atoms with van der Waals surface area (Å²) in [7, 11) is 0. The Hall–Kier alpha value is -0.870. The summed E-state index contributed by atoms with van der Waals surface area (Å²) < 4.78 is 2.03. The molecule has 1 aromatic heterocycles. The second-order valence-electron chi connectivity index (χ2n) is 4.00. The van der Waals surface area contributed by atoms with Crippen LogP contribution in [0.1, 0.15) is 38.5 Å². The molecule has 1 rings (SSSR count). The molecule has 1 heterocycles. The summed E-state index contributed by atoms with van der Waals surface area (Å²) in [5.41, 5.74) is 6.66. The van der Waals surface area contributed by atoms with Crippen molar-refractivity contribution in [3.05, 3.63) is 18.2 Å². The maximum Gasteiger partial charge on any atom is 0.0951 e. The fraction of sp³-hybridized carbons (Fsp3) is 0.700. The number of aliphatic hydroxyl groups excluding tert-OH is 1. The Morgan fingerprint density at radius 2 is 2.14 bits per heavy atom. The second-order valence-corrected chi connectivity index (χ2v) is 4.00. The van der Waals surface area contributed by atoms with Gasteiger partial charge in [0.15, 0.2) is 0 Å². The molecule has 2 atom stereocenters. The van der Waals surface area contributed by atoms with Gasteiger partial charge in [0.1, 0.15) is 0 Å². The summed E-state index contributed by atoms with van der Waals surface area (Å²) in [6.07, 6.45) is 3.50. The van der Waals surface area contributed by atoms with Gasteiger partial charge in [-0.2, -0.15) is 0 Å². The molecule has 0 saturated heterocycles. The van der Waals surface area contributed by atoms with Crippen LogP contribution in [0, 0.1) is 5.92 Å². The van der Waals surface area contributed by atoms with Gasteiger partial charge in [-0.1, -0.05) is 13.8 Å². The summed E-state index contributed by atoms with van der Waals surface area (Å²) >= 11 is 0. The van der Waals surface area contributed by atoms with E-state index in [1.807, 2.05) is 4.57 Å². The quantitative estimate of drug-likeness (QED) is 0.759. The van der Waals surface area contributed by atoms with Crippen molar-refractivity contribution < 1.29 is 5.11 Å². The van der Waals surface area contributed by atoms with Gasteiger partial charge < -0.3 is 15.4 Å². The average Bonchev–Trinajstić information content (AvgIpc) is 2.63. The van der Waals surface area contributed by atoms with E-state index in [1.54, 1.807) is 12.5 Å². The molecular weight excluding hydrogens is 178 g/mol. The van der Waals surface area contributed by atoms with Gasteiger partial charge >= 0.3 is 0 Å². The largest absolute Gasteiger partial charge is 0.394 e. The van der Waals surface area contributed by atoms with Crippen LogP contribution >= 0.6 is 0 Å². The molecule has 0 aromatic carbocycles. The Kier molecular flexibility index (Phi) is 3.66. The minimum atomic E-state index is -0.335. The maximum absolute atomic E-state index is 8.99. The lowest BCUT2D eigenvalue weighted by molar-refractivity contribution is 0.259. The van der Waals surface area contributed by atoms with Gasteiger partial charge in [0.25, 0.3) is 0 Å². The van der Waals surface area contributed by atoms with Gasteiger partial charge in [-0.05, 0) is 12.8 Å². The van der Waals surface area contributed by atoms with Gasteiger partial charge in [-0.25, -0.2) is 4.98 Å². The number of rotatable bonds is 4. The number of imidazole rings is 1. The Morgan fingerprint density at radius 3 is 2.64 bits per heavy atom. The number of nitrogens with two attached hydrogens (primary N) is 1. The molecule has 0 fully saturated rings.